The molecule has 0 radical (unpaired) electrons. The minimum Gasteiger partial charge on any atom is -0.444 e. The van der Waals surface area contributed by atoms with Crippen LogP contribution < -0.4 is 10.4 Å². The largest absolute Gasteiger partial charge is 0.444 e. The van der Waals surface area contributed by atoms with Crippen molar-refractivity contribution in [1.29, 1.82) is 0 Å². The molecule has 3 rings (SSSR count). The summed E-state index contributed by atoms with van der Waals surface area (Å²) in [5.41, 5.74) is -0.599. The Morgan fingerprint density at radius 2 is 1.23 bits per heavy atom. The second-order valence-electron chi connectivity index (χ2n) is 15.5. The van der Waals surface area contributed by atoms with Crippen molar-refractivity contribution in [3.8, 4) is 0 Å². The predicted molar refractivity (Wildman–Crippen MR) is 201 cm³/mol. The van der Waals surface area contributed by atoms with Gasteiger partial charge in [-0.3, -0.25) is 4.90 Å². The number of hydrogen-bond acceptors (Lipinski definition) is 5. The smallest absolute Gasteiger partial charge is 0.411 e. The van der Waals surface area contributed by atoms with E-state index in [-0.39, 0.29) is 35.9 Å². The van der Waals surface area contributed by atoms with Gasteiger partial charge in [-0.1, -0.05) is 134 Å². The highest BCUT2D eigenvalue weighted by molar-refractivity contribution is 6.99. The molecule has 2 aromatic rings. The predicted octanol–water partition coefficient (Wildman–Crippen LogP) is 8.66. The van der Waals surface area contributed by atoms with E-state index in [2.05, 4.69) is 102 Å². The number of rotatable bonds is 18. The molecule has 2 aromatic carbocycles. The van der Waals surface area contributed by atoms with Crippen LogP contribution in [0.4, 0.5) is 4.79 Å². The van der Waals surface area contributed by atoms with E-state index in [4.69, 9.17) is 18.7 Å². The molecule has 0 aliphatic carbocycles. The summed E-state index contributed by atoms with van der Waals surface area (Å²) in [7, 11) is -4.83. The molecular weight excluding hydrogens is 619 g/mol. The minimum absolute atomic E-state index is 0.0356. The van der Waals surface area contributed by atoms with Crippen LogP contribution in [-0.2, 0) is 13.6 Å². The van der Waals surface area contributed by atoms with Gasteiger partial charge in [0.25, 0.3) is 8.32 Å². The van der Waals surface area contributed by atoms with Crippen LogP contribution in [-0.4, -0.2) is 69.7 Å². The third-order valence-corrected chi connectivity index (χ3v) is 19.8. The summed E-state index contributed by atoms with van der Waals surface area (Å²) in [6.45, 7) is 20.2. The summed E-state index contributed by atoms with van der Waals surface area (Å²) in [5.74, 6) is 0. The monoisotopic (exact) mass is 683 g/mol. The van der Waals surface area contributed by atoms with Crippen molar-refractivity contribution in [1.82, 2.24) is 4.90 Å². The molecule has 264 valence electrons. The topological polar surface area (TPSA) is 68.2 Å². The molecule has 1 amide bonds. The Labute approximate surface area is 288 Å². The van der Waals surface area contributed by atoms with Crippen molar-refractivity contribution in [3.05, 3.63) is 60.7 Å². The fourth-order valence-electron chi connectivity index (χ4n) is 7.37. The first-order valence-electron chi connectivity index (χ1n) is 18.3. The van der Waals surface area contributed by atoms with Gasteiger partial charge in [-0.2, -0.15) is 0 Å². The lowest BCUT2D eigenvalue weighted by Crippen LogP contribution is -2.75. The van der Waals surface area contributed by atoms with Crippen molar-refractivity contribution < 1.29 is 23.5 Å². The summed E-state index contributed by atoms with van der Waals surface area (Å²) in [6, 6.07) is 24.4. The van der Waals surface area contributed by atoms with Crippen LogP contribution in [0.25, 0.3) is 0 Å². The Hall–Kier alpha value is -1.98. The molecule has 3 atom stereocenters. The van der Waals surface area contributed by atoms with Crippen LogP contribution >= 0.6 is 0 Å². The zero-order valence-electron chi connectivity index (χ0n) is 31.0. The lowest BCUT2D eigenvalue weighted by molar-refractivity contribution is -0.122. The van der Waals surface area contributed by atoms with Gasteiger partial charge >= 0.3 is 6.09 Å². The van der Waals surface area contributed by atoms with Gasteiger partial charge in [0.1, 0.15) is 5.60 Å². The van der Waals surface area contributed by atoms with Crippen LogP contribution in [0.5, 0.6) is 0 Å². The van der Waals surface area contributed by atoms with Gasteiger partial charge < -0.3 is 18.7 Å². The second-order valence-corrected chi connectivity index (χ2v) is 24.5. The Kier molecular flexibility index (Phi) is 14.8. The van der Waals surface area contributed by atoms with E-state index in [1.165, 1.54) is 10.4 Å². The molecule has 6 nitrogen and oxygen atoms in total. The number of amides is 1. The molecule has 1 fully saturated rings. The van der Waals surface area contributed by atoms with E-state index in [0.29, 0.717) is 6.61 Å². The molecule has 1 aliphatic rings. The Morgan fingerprint density at radius 1 is 0.745 bits per heavy atom. The number of unbranched alkanes of at least 4 members (excludes halogenated alkanes) is 5. The zero-order valence-corrected chi connectivity index (χ0v) is 33.0. The molecule has 0 bridgehead atoms. The first kappa shape index (κ1) is 39.5. The molecule has 0 spiro atoms. The molecule has 1 saturated heterocycles. The number of hydrogen-bond donors (Lipinski definition) is 1. The third kappa shape index (κ3) is 9.81. The highest BCUT2D eigenvalue weighted by atomic mass is 28.4. The fourth-order valence-corrected chi connectivity index (χ4v) is 14.8. The highest BCUT2D eigenvalue weighted by Crippen LogP contribution is 2.41. The highest BCUT2D eigenvalue weighted by Gasteiger charge is 2.57. The second kappa shape index (κ2) is 17.6. The number of nitrogens with zero attached hydrogens (tertiary/aromatic N) is 1. The van der Waals surface area contributed by atoms with Crippen LogP contribution in [0.3, 0.4) is 0 Å². The minimum atomic E-state index is -2.83. The molecule has 0 saturated carbocycles. The van der Waals surface area contributed by atoms with Crippen molar-refractivity contribution >= 4 is 33.1 Å². The van der Waals surface area contributed by atoms with Gasteiger partial charge in [0.05, 0.1) is 24.8 Å². The zero-order chi connectivity index (χ0) is 34.7. The van der Waals surface area contributed by atoms with E-state index in [1.54, 1.807) is 0 Å². The van der Waals surface area contributed by atoms with Gasteiger partial charge in [0.2, 0.25) is 0 Å². The van der Waals surface area contributed by atoms with Crippen LogP contribution in [0.15, 0.2) is 60.7 Å². The molecule has 8 heteroatoms. The molecule has 1 N–H and O–H groups in total. The van der Waals surface area contributed by atoms with Crippen molar-refractivity contribution in [2.75, 3.05) is 13.2 Å². The van der Waals surface area contributed by atoms with E-state index < -0.39 is 22.2 Å². The van der Waals surface area contributed by atoms with Gasteiger partial charge in [0.15, 0.2) is 8.32 Å². The maximum absolute atomic E-state index is 14.0. The molecule has 1 aliphatic heterocycles. The number of likely N-dealkylation sites (tertiary alicyclic amines) is 1. The Morgan fingerprint density at radius 3 is 1.68 bits per heavy atom. The van der Waals surface area contributed by atoms with Crippen LogP contribution in [0.2, 0.25) is 23.2 Å². The quantitative estimate of drug-likeness (QED) is 0.126. The number of aliphatic hydroxyl groups excluding tert-OH is 1. The number of carbonyl (C=O) groups is 1. The molecule has 1 heterocycles. The maximum atomic E-state index is 14.0. The lowest BCUT2D eigenvalue weighted by atomic mass is 9.86. The number of carbonyl (C=O) groups excluding carboxylic acids is 1. The Bertz CT molecular complexity index is 1150. The maximum Gasteiger partial charge on any atom is 0.411 e. The average Bonchev–Trinajstić information content (AvgIpc) is 3.03. The van der Waals surface area contributed by atoms with Crippen LogP contribution in [0.1, 0.15) is 107 Å². The van der Waals surface area contributed by atoms with E-state index in [1.807, 2.05) is 25.7 Å². The summed E-state index contributed by atoms with van der Waals surface area (Å²) < 4.78 is 20.9. The van der Waals surface area contributed by atoms with Gasteiger partial charge in [0, 0.05) is 6.61 Å². The lowest BCUT2D eigenvalue weighted by Gasteiger charge is -2.57. The molecular formula is C39H65NO5Si2. The first-order valence-corrected chi connectivity index (χ1v) is 22.8. The molecule has 0 unspecified atom stereocenters. The van der Waals surface area contributed by atoms with E-state index in [9.17, 15) is 4.79 Å². The number of ether oxygens (including phenoxy) is 1. The van der Waals surface area contributed by atoms with Gasteiger partial charge in [-0.05, 0) is 67.2 Å². The Balaban J connectivity index is 2.03. The first-order chi connectivity index (χ1) is 22.3. The van der Waals surface area contributed by atoms with E-state index >= 15 is 0 Å². The SMILES string of the molecule is CC[Si](CC)(CC)O[C@@H]1[C@H](CCCCCCCCO)N(C(=O)OC(C)(C)C)[C@H]1CO[Si](c1ccccc1)(c1ccccc1)C(C)(C)C. The summed E-state index contributed by atoms with van der Waals surface area (Å²) in [6.07, 6.45) is 6.89. The van der Waals surface area contributed by atoms with E-state index in [0.717, 1.165) is 63.1 Å². The van der Waals surface area contributed by atoms with Crippen molar-refractivity contribution in [3.63, 3.8) is 0 Å². The van der Waals surface area contributed by atoms with Crippen molar-refractivity contribution in [2.24, 2.45) is 0 Å². The number of benzene rings is 2. The number of aliphatic hydroxyl groups is 1. The van der Waals surface area contributed by atoms with Crippen LogP contribution in [0, 0.1) is 0 Å². The normalized spacial score (nSPS) is 19.0. The van der Waals surface area contributed by atoms with Gasteiger partial charge in [-0.25, -0.2) is 4.79 Å². The van der Waals surface area contributed by atoms with Crippen molar-refractivity contribution in [2.45, 2.75) is 154 Å². The standard InChI is InChI=1S/C39H65NO5Si2/c1-10-46(11-2,12-3)45-36-34(29-23-15-13-14-16-24-30-41)40(37(42)44-38(4,5)6)35(36)31-43-47(39(7,8)9,32-25-19-17-20-26-32)33-27-21-18-22-28-33/h17-22,25-28,34-36,41H,10-16,23-24,29-31H2,1-9H3/t34-,35-,36+/m0/s1. The molecule has 47 heavy (non-hydrogen) atoms. The summed E-state index contributed by atoms with van der Waals surface area (Å²) in [5, 5.41) is 11.4. The summed E-state index contributed by atoms with van der Waals surface area (Å²) >= 11 is 0. The van der Waals surface area contributed by atoms with Gasteiger partial charge in [-0.15, -0.1) is 0 Å². The average molecular weight is 684 g/mol. The molecule has 0 aromatic heterocycles. The summed E-state index contributed by atoms with van der Waals surface area (Å²) in [4.78, 5) is 16.0. The fraction of sp³-hybridized carbons (Fsp3) is 0.667. The third-order valence-electron chi connectivity index (χ3n) is 10.2.